The number of hydrogen-bond acceptors (Lipinski definition) is 5. The predicted octanol–water partition coefficient (Wildman–Crippen LogP) is 1.99. The molecule has 0 radical (unpaired) electrons. The van der Waals surface area contributed by atoms with Crippen molar-refractivity contribution in [3.05, 3.63) is 47.2 Å². The number of rotatable bonds is 5. The first-order chi connectivity index (χ1) is 9.93. The number of anilines is 1. The van der Waals surface area contributed by atoms with Crippen molar-refractivity contribution in [1.29, 1.82) is 0 Å². The molecule has 1 heterocycles. The molecular formula is C13H15ClN4O2S. The zero-order chi connectivity index (χ0) is 15.5. The van der Waals surface area contributed by atoms with E-state index in [1.807, 2.05) is 6.07 Å². The van der Waals surface area contributed by atoms with Gasteiger partial charge in [-0.1, -0.05) is 23.7 Å². The topological polar surface area (TPSA) is 75.2 Å². The van der Waals surface area contributed by atoms with Crippen molar-refractivity contribution in [2.75, 3.05) is 19.4 Å². The normalized spacial score (nSPS) is 11.6. The van der Waals surface area contributed by atoms with Gasteiger partial charge < -0.3 is 5.32 Å². The fourth-order valence-corrected chi connectivity index (χ4v) is 3.00. The molecular weight excluding hydrogens is 312 g/mol. The van der Waals surface area contributed by atoms with Crippen LogP contribution in [0.1, 0.15) is 5.56 Å². The Morgan fingerprint density at radius 1 is 1.29 bits per heavy atom. The summed E-state index contributed by atoms with van der Waals surface area (Å²) in [6, 6.07) is 7.07. The van der Waals surface area contributed by atoms with Crippen LogP contribution in [0.5, 0.6) is 0 Å². The molecule has 0 saturated heterocycles. The molecule has 1 aromatic heterocycles. The molecule has 0 bridgehead atoms. The van der Waals surface area contributed by atoms with E-state index in [9.17, 15) is 8.42 Å². The number of nitrogens with zero attached hydrogens (tertiary/aromatic N) is 3. The number of halogens is 1. The maximum atomic E-state index is 12.4. The Morgan fingerprint density at radius 3 is 2.52 bits per heavy atom. The molecule has 2 rings (SSSR count). The van der Waals surface area contributed by atoms with E-state index in [1.54, 1.807) is 25.2 Å². The van der Waals surface area contributed by atoms with E-state index in [2.05, 4.69) is 15.3 Å². The van der Waals surface area contributed by atoms with Gasteiger partial charge in [-0.3, -0.25) is 0 Å². The molecule has 1 aromatic carbocycles. The Kier molecular flexibility index (Phi) is 4.76. The van der Waals surface area contributed by atoms with Crippen LogP contribution in [0.3, 0.4) is 0 Å². The molecule has 0 aliphatic heterocycles. The van der Waals surface area contributed by atoms with Gasteiger partial charge in [-0.05, 0) is 17.7 Å². The van der Waals surface area contributed by atoms with E-state index in [4.69, 9.17) is 11.6 Å². The van der Waals surface area contributed by atoms with Gasteiger partial charge in [0, 0.05) is 25.7 Å². The molecule has 0 fully saturated rings. The highest BCUT2D eigenvalue weighted by atomic mass is 35.5. The van der Waals surface area contributed by atoms with Gasteiger partial charge in [0.25, 0.3) is 0 Å². The second-order valence-corrected chi connectivity index (χ2v) is 6.86. The summed E-state index contributed by atoms with van der Waals surface area (Å²) in [6.07, 6.45) is 2.56. The summed E-state index contributed by atoms with van der Waals surface area (Å²) >= 11 is 5.90. The highest BCUT2D eigenvalue weighted by Crippen LogP contribution is 2.17. The summed E-state index contributed by atoms with van der Waals surface area (Å²) in [5.74, 6) is 0.367. The van der Waals surface area contributed by atoms with Gasteiger partial charge in [0.15, 0.2) is 0 Å². The third-order valence-electron chi connectivity index (χ3n) is 2.85. The van der Waals surface area contributed by atoms with Gasteiger partial charge in [0.05, 0.1) is 12.4 Å². The fourth-order valence-electron chi connectivity index (χ4n) is 1.74. The largest absolute Gasteiger partial charge is 0.357 e. The predicted molar refractivity (Wildman–Crippen MR) is 81.7 cm³/mol. The summed E-state index contributed by atoms with van der Waals surface area (Å²) in [7, 11) is -0.474. The highest BCUT2D eigenvalue weighted by Gasteiger charge is 2.21. The molecule has 0 spiro atoms. The molecule has 0 aliphatic carbocycles. The van der Waals surface area contributed by atoms with Crippen molar-refractivity contribution >= 4 is 27.6 Å². The van der Waals surface area contributed by atoms with Gasteiger partial charge in [-0.2, -0.15) is 4.31 Å². The van der Waals surface area contributed by atoms with E-state index in [0.29, 0.717) is 11.0 Å². The lowest BCUT2D eigenvalue weighted by atomic mass is 10.2. The standard InChI is InChI=1S/C13H15ClN4O2S/c1-15-13-16-7-12(8-17-13)21(19,20)18(2)9-10-4-3-5-11(14)6-10/h3-8H,9H2,1-2H3,(H,15,16,17). The van der Waals surface area contributed by atoms with Gasteiger partial charge in [-0.25, -0.2) is 18.4 Å². The molecule has 0 saturated carbocycles. The Hall–Kier alpha value is -1.70. The van der Waals surface area contributed by atoms with Gasteiger partial charge in [0.1, 0.15) is 4.90 Å². The first-order valence-electron chi connectivity index (χ1n) is 6.14. The molecule has 6 nitrogen and oxygen atoms in total. The maximum Gasteiger partial charge on any atom is 0.246 e. The second-order valence-electron chi connectivity index (χ2n) is 4.38. The Balaban J connectivity index is 2.21. The molecule has 0 atom stereocenters. The molecule has 0 unspecified atom stereocenters. The summed E-state index contributed by atoms with van der Waals surface area (Å²) in [5, 5.41) is 3.31. The smallest absolute Gasteiger partial charge is 0.246 e. The number of sulfonamides is 1. The number of aromatic nitrogens is 2. The lowest BCUT2D eigenvalue weighted by Gasteiger charge is -2.17. The van der Waals surface area contributed by atoms with Crippen molar-refractivity contribution < 1.29 is 8.42 Å². The van der Waals surface area contributed by atoms with Crippen LogP contribution in [-0.4, -0.2) is 36.8 Å². The SMILES string of the molecule is CNc1ncc(S(=O)(=O)N(C)Cc2cccc(Cl)c2)cn1. The molecule has 1 N–H and O–H groups in total. The van der Waals surface area contributed by atoms with E-state index >= 15 is 0 Å². The van der Waals surface area contributed by atoms with Crippen molar-refractivity contribution in [3.8, 4) is 0 Å². The molecule has 21 heavy (non-hydrogen) atoms. The van der Waals surface area contributed by atoms with Crippen LogP contribution in [0.2, 0.25) is 5.02 Å². The van der Waals surface area contributed by atoms with Crippen molar-refractivity contribution in [2.45, 2.75) is 11.4 Å². The average molecular weight is 327 g/mol. The van der Waals surface area contributed by atoms with Crippen LogP contribution in [0.4, 0.5) is 5.95 Å². The zero-order valence-corrected chi connectivity index (χ0v) is 13.2. The summed E-state index contributed by atoms with van der Waals surface area (Å²) in [5.41, 5.74) is 0.807. The van der Waals surface area contributed by atoms with Crippen molar-refractivity contribution in [1.82, 2.24) is 14.3 Å². The fraction of sp³-hybridized carbons (Fsp3) is 0.231. The quantitative estimate of drug-likeness (QED) is 0.909. The van der Waals surface area contributed by atoms with Gasteiger partial charge >= 0.3 is 0 Å². The zero-order valence-electron chi connectivity index (χ0n) is 11.6. The second kappa shape index (κ2) is 6.38. The third kappa shape index (κ3) is 3.69. The number of hydrogen-bond donors (Lipinski definition) is 1. The van der Waals surface area contributed by atoms with Crippen LogP contribution in [0, 0.1) is 0 Å². The number of nitrogens with one attached hydrogen (secondary N) is 1. The van der Waals surface area contributed by atoms with E-state index in [0.717, 1.165) is 5.56 Å². The third-order valence-corrected chi connectivity index (χ3v) is 4.85. The average Bonchev–Trinajstić information content (AvgIpc) is 2.47. The summed E-state index contributed by atoms with van der Waals surface area (Å²) in [4.78, 5) is 7.88. The molecule has 8 heteroatoms. The van der Waals surface area contributed by atoms with Crippen LogP contribution in [-0.2, 0) is 16.6 Å². The first kappa shape index (κ1) is 15.7. The van der Waals surface area contributed by atoms with Crippen LogP contribution in [0.25, 0.3) is 0 Å². The Bertz CT molecular complexity index is 719. The minimum atomic E-state index is -3.64. The van der Waals surface area contributed by atoms with Crippen molar-refractivity contribution in [3.63, 3.8) is 0 Å². The monoisotopic (exact) mass is 326 g/mol. The van der Waals surface area contributed by atoms with E-state index < -0.39 is 10.0 Å². The summed E-state index contributed by atoms with van der Waals surface area (Å²) in [6.45, 7) is 0.219. The number of benzene rings is 1. The van der Waals surface area contributed by atoms with Gasteiger partial charge in [-0.15, -0.1) is 0 Å². The van der Waals surface area contributed by atoms with Gasteiger partial charge in [0.2, 0.25) is 16.0 Å². The van der Waals surface area contributed by atoms with Crippen molar-refractivity contribution in [2.24, 2.45) is 0 Å². The molecule has 2 aromatic rings. The molecule has 112 valence electrons. The maximum absolute atomic E-state index is 12.4. The Morgan fingerprint density at radius 2 is 1.95 bits per heavy atom. The summed E-state index contributed by atoms with van der Waals surface area (Å²) < 4.78 is 26.1. The molecule has 0 amide bonds. The lowest BCUT2D eigenvalue weighted by Crippen LogP contribution is -2.26. The Labute approximate surface area is 128 Å². The highest BCUT2D eigenvalue weighted by molar-refractivity contribution is 7.89. The van der Waals surface area contributed by atoms with Crippen LogP contribution < -0.4 is 5.32 Å². The van der Waals surface area contributed by atoms with E-state index in [1.165, 1.54) is 23.7 Å². The lowest BCUT2D eigenvalue weighted by molar-refractivity contribution is 0.466. The van der Waals surface area contributed by atoms with E-state index in [-0.39, 0.29) is 11.4 Å². The minimum absolute atomic E-state index is 0.0472. The molecule has 0 aliphatic rings. The van der Waals surface area contributed by atoms with Crippen LogP contribution in [0.15, 0.2) is 41.6 Å². The first-order valence-corrected chi connectivity index (χ1v) is 7.96. The van der Waals surface area contributed by atoms with Crippen LogP contribution >= 0.6 is 11.6 Å². The minimum Gasteiger partial charge on any atom is -0.357 e.